The van der Waals surface area contributed by atoms with Gasteiger partial charge >= 0.3 is 5.97 Å². The number of nitrogens with zero attached hydrogens (tertiary/aromatic N) is 2. The Kier molecular flexibility index (Phi) is 6.12. The van der Waals surface area contributed by atoms with Crippen molar-refractivity contribution in [2.24, 2.45) is 4.99 Å². The van der Waals surface area contributed by atoms with Crippen LogP contribution in [0.5, 0.6) is 0 Å². The van der Waals surface area contributed by atoms with E-state index in [1.54, 1.807) is 12.1 Å². The smallest absolute Gasteiger partial charge is 0.303 e. The normalized spacial score (nSPS) is 24.9. The van der Waals surface area contributed by atoms with Crippen LogP contribution < -0.4 is 0 Å². The maximum atomic E-state index is 12.1. The zero-order valence-corrected chi connectivity index (χ0v) is 16.8. The molecule has 2 atom stereocenters. The van der Waals surface area contributed by atoms with E-state index in [0.29, 0.717) is 16.7 Å². The zero-order valence-electron chi connectivity index (χ0n) is 14.4. The molecule has 27 heavy (non-hydrogen) atoms. The Hall–Kier alpha value is -1.58. The fourth-order valence-electron chi connectivity index (χ4n) is 3.16. The minimum atomic E-state index is -3.10. The number of halogens is 1. The predicted octanol–water partition coefficient (Wildman–Crippen LogP) is 2.19. The van der Waals surface area contributed by atoms with Gasteiger partial charge in [-0.05, 0) is 24.1 Å². The molecule has 1 amide bonds. The summed E-state index contributed by atoms with van der Waals surface area (Å²) >= 11 is 7.23. The molecule has 0 saturated carbocycles. The average Bonchev–Trinajstić information content (AvgIpc) is 3.02. The highest BCUT2D eigenvalue weighted by Gasteiger charge is 2.48. The second-order valence-electron chi connectivity index (χ2n) is 6.59. The fraction of sp³-hybridized carbons (Fsp3) is 0.471. The third-order valence-electron chi connectivity index (χ3n) is 4.44. The molecule has 1 aromatic rings. The van der Waals surface area contributed by atoms with Crippen molar-refractivity contribution in [1.29, 1.82) is 0 Å². The van der Waals surface area contributed by atoms with Crippen molar-refractivity contribution in [3.05, 3.63) is 34.9 Å². The van der Waals surface area contributed by atoms with Gasteiger partial charge in [-0.3, -0.25) is 9.59 Å². The van der Waals surface area contributed by atoms with Crippen LogP contribution in [0.2, 0.25) is 5.02 Å². The maximum Gasteiger partial charge on any atom is 0.303 e. The van der Waals surface area contributed by atoms with Crippen molar-refractivity contribution in [1.82, 2.24) is 4.90 Å². The number of aliphatic imine (C=N–C) groups is 1. The Balaban J connectivity index is 1.77. The number of benzene rings is 1. The molecule has 2 fully saturated rings. The van der Waals surface area contributed by atoms with Crippen LogP contribution in [0.4, 0.5) is 0 Å². The van der Waals surface area contributed by atoms with E-state index in [9.17, 15) is 18.0 Å². The van der Waals surface area contributed by atoms with Crippen molar-refractivity contribution in [2.75, 3.05) is 11.5 Å². The number of sulfone groups is 1. The lowest BCUT2D eigenvalue weighted by Crippen LogP contribution is -2.37. The summed E-state index contributed by atoms with van der Waals surface area (Å²) in [5, 5.41) is 9.64. The summed E-state index contributed by atoms with van der Waals surface area (Å²) < 4.78 is 24.0. The van der Waals surface area contributed by atoms with E-state index in [0.717, 1.165) is 5.56 Å². The highest BCUT2D eigenvalue weighted by molar-refractivity contribution is 8.15. The van der Waals surface area contributed by atoms with Crippen molar-refractivity contribution in [2.45, 2.75) is 37.1 Å². The number of carbonyl (C=O) groups is 2. The number of amidine groups is 1. The molecule has 0 bridgehead atoms. The summed E-state index contributed by atoms with van der Waals surface area (Å²) in [5.41, 5.74) is 0.941. The number of carbonyl (C=O) groups excluding carboxylic acids is 1. The van der Waals surface area contributed by atoms with E-state index in [-0.39, 0.29) is 48.0 Å². The molecule has 2 heterocycles. The highest BCUT2D eigenvalue weighted by atomic mass is 35.5. The molecule has 10 heteroatoms. The lowest BCUT2D eigenvalue weighted by atomic mass is 10.1. The van der Waals surface area contributed by atoms with Gasteiger partial charge in [-0.1, -0.05) is 35.5 Å². The van der Waals surface area contributed by atoms with Crippen LogP contribution in [0.3, 0.4) is 0 Å². The summed E-state index contributed by atoms with van der Waals surface area (Å²) in [5.74, 6) is -1.21. The van der Waals surface area contributed by atoms with Crippen LogP contribution in [0.25, 0.3) is 0 Å². The maximum absolute atomic E-state index is 12.1. The van der Waals surface area contributed by atoms with Crippen molar-refractivity contribution >= 4 is 50.2 Å². The van der Waals surface area contributed by atoms with Crippen LogP contribution >= 0.6 is 23.4 Å². The van der Waals surface area contributed by atoms with E-state index >= 15 is 0 Å². The minimum Gasteiger partial charge on any atom is -0.481 e. The summed E-state index contributed by atoms with van der Waals surface area (Å²) in [7, 11) is -3.10. The largest absolute Gasteiger partial charge is 0.481 e. The van der Waals surface area contributed by atoms with Crippen LogP contribution in [-0.2, 0) is 26.0 Å². The van der Waals surface area contributed by atoms with Gasteiger partial charge in [-0.25, -0.2) is 8.42 Å². The Morgan fingerprint density at radius 2 is 1.93 bits per heavy atom. The van der Waals surface area contributed by atoms with Gasteiger partial charge in [0.05, 0.1) is 17.5 Å². The third-order valence-corrected chi connectivity index (χ3v) is 7.94. The summed E-state index contributed by atoms with van der Waals surface area (Å²) in [6, 6.07) is 7.01. The van der Waals surface area contributed by atoms with Gasteiger partial charge in [-0.15, -0.1) is 0 Å². The van der Waals surface area contributed by atoms with Gasteiger partial charge in [0.1, 0.15) is 0 Å². The molecule has 0 spiro atoms. The topological polar surface area (TPSA) is 104 Å². The molecule has 146 valence electrons. The first-order valence-corrected chi connectivity index (χ1v) is 11.5. The Bertz CT molecular complexity index is 870. The molecule has 0 aliphatic carbocycles. The number of rotatable bonds is 6. The van der Waals surface area contributed by atoms with Crippen LogP contribution in [0.15, 0.2) is 29.3 Å². The number of hydrogen-bond donors (Lipinski definition) is 1. The molecule has 1 aromatic carbocycles. The van der Waals surface area contributed by atoms with Crippen molar-refractivity contribution in [3.63, 3.8) is 0 Å². The SMILES string of the molecule is O=C(O)CCCC(=O)N=C1S[C@H]2CS(=O)(=O)C[C@@H]2N1Cc1ccc(Cl)cc1. The van der Waals surface area contributed by atoms with E-state index in [4.69, 9.17) is 16.7 Å². The van der Waals surface area contributed by atoms with Crippen LogP contribution in [0, 0.1) is 0 Å². The lowest BCUT2D eigenvalue weighted by molar-refractivity contribution is -0.137. The lowest BCUT2D eigenvalue weighted by Gasteiger charge is -2.24. The Labute approximate surface area is 166 Å². The van der Waals surface area contributed by atoms with Crippen molar-refractivity contribution < 1.29 is 23.1 Å². The fourth-order valence-corrected chi connectivity index (χ4v) is 7.25. The monoisotopic (exact) mass is 430 g/mol. The second-order valence-corrected chi connectivity index (χ2v) is 10.4. The molecule has 0 radical (unpaired) electrons. The first kappa shape index (κ1) is 20.2. The summed E-state index contributed by atoms with van der Waals surface area (Å²) in [4.78, 5) is 28.7. The average molecular weight is 431 g/mol. The first-order valence-electron chi connectivity index (χ1n) is 8.45. The van der Waals surface area contributed by atoms with Gasteiger partial charge in [0.2, 0.25) is 5.91 Å². The molecule has 2 aliphatic heterocycles. The number of aliphatic carboxylic acids is 1. The van der Waals surface area contributed by atoms with E-state index in [2.05, 4.69) is 4.99 Å². The summed E-state index contributed by atoms with van der Waals surface area (Å²) in [6.07, 6.45) is 0.203. The number of amides is 1. The molecule has 3 rings (SSSR count). The molecule has 2 aliphatic rings. The molecular weight excluding hydrogens is 412 g/mol. The van der Waals surface area contributed by atoms with E-state index in [1.807, 2.05) is 17.0 Å². The molecular formula is C17H19ClN2O5S2. The molecule has 0 aromatic heterocycles. The predicted molar refractivity (Wildman–Crippen MR) is 105 cm³/mol. The van der Waals surface area contributed by atoms with Gasteiger partial charge in [0, 0.05) is 29.7 Å². The van der Waals surface area contributed by atoms with E-state index < -0.39 is 15.8 Å². The third kappa shape index (κ3) is 5.24. The molecule has 1 N–H and O–H groups in total. The first-order chi connectivity index (χ1) is 12.7. The van der Waals surface area contributed by atoms with Crippen LogP contribution in [0.1, 0.15) is 24.8 Å². The Morgan fingerprint density at radius 1 is 1.22 bits per heavy atom. The number of carboxylic acid groups (broad SMARTS) is 1. The highest BCUT2D eigenvalue weighted by Crippen LogP contribution is 2.39. The van der Waals surface area contributed by atoms with Gasteiger partial charge in [0.25, 0.3) is 0 Å². The van der Waals surface area contributed by atoms with Crippen molar-refractivity contribution in [3.8, 4) is 0 Å². The number of carboxylic acids is 1. The quantitative estimate of drug-likeness (QED) is 0.737. The second kappa shape index (κ2) is 8.20. The summed E-state index contributed by atoms with van der Waals surface area (Å²) in [6.45, 7) is 0.433. The Morgan fingerprint density at radius 3 is 2.59 bits per heavy atom. The number of thioether (sulfide) groups is 1. The minimum absolute atomic E-state index is 0.0461. The van der Waals surface area contributed by atoms with Crippen LogP contribution in [-0.4, -0.2) is 58.3 Å². The zero-order chi connectivity index (χ0) is 19.6. The van der Waals surface area contributed by atoms with Gasteiger partial charge in [-0.2, -0.15) is 4.99 Å². The van der Waals surface area contributed by atoms with Gasteiger partial charge < -0.3 is 10.0 Å². The van der Waals surface area contributed by atoms with Gasteiger partial charge in [0.15, 0.2) is 15.0 Å². The standard InChI is InChI=1S/C17H19ClN2O5S2/c18-12-6-4-11(5-7-12)8-20-13-9-27(24,25)10-14(13)26-17(20)19-15(21)2-1-3-16(22)23/h4-7,13-14H,1-3,8-10H2,(H,22,23)/t13-,14-/m0/s1. The number of fused-ring (bicyclic) bond motifs is 1. The molecule has 7 nitrogen and oxygen atoms in total. The van der Waals surface area contributed by atoms with E-state index in [1.165, 1.54) is 11.8 Å². The molecule has 2 saturated heterocycles. The molecule has 0 unspecified atom stereocenters. The number of hydrogen-bond acceptors (Lipinski definition) is 5.